The molecular formula is C11H18F3N3O. The molecule has 1 heterocycles. The van der Waals surface area contributed by atoms with Crippen molar-refractivity contribution in [2.24, 2.45) is 7.05 Å². The number of rotatable bonds is 5. The van der Waals surface area contributed by atoms with Gasteiger partial charge in [-0.25, -0.2) is 4.68 Å². The zero-order chi connectivity index (χ0) is 13.9. The lowest BCUT2D eigenvalue weighted by atomic mass is 10.2. The molecule has 0 atom stereocenters. The number of nitrogens with one attached hydrogen (secondary N) is 1. The zero-order valence-electron chi connectivity index (χ0n) is 10.9. The summed E-state index contributed by atoms with van der Waals surface area (Å²) < 4.78 is 42.6. The Morgan fingerprint density at radius 3 is 2.50 bits per heavy atom. The van der Waals surface area contributed by atoms with Gasteiger partial charge in [-0.15, -0.1) is 0 Å². The van der Waals surface area contributed by atoms with Crippen LogP contribution in [0.4, 0.5) is 13.2 Å². The van der Waals surface area contributed by atoms with Crippen molar-refractivity contribution >= 4 is 0 Å². The van der Waals surface area contributed by atoms with Crippen molar-refractivity contribution in [3.8, 4) is 5.88 Å². The summed E-state index contributed by atoms with van der Waals surface area (Å²) in [5, 5.41) is 7.21. The van der Waals surface area contributed by atoms with E-state index in [1.165, 1.54) is 4.68 Å². The van der Waals surface area contributed by atoms with E-state index in [2.05, 4.69) is 10.4 Å². The smallest absolute Gasteiger partial charge is 0.422 e. The van der Waals surface area contributed by atoms with E-state index in [-0.39, 0.29) is 11.9 Å². The van der Waals surface area contributed by atoms with Gasteiger partial charge in [0.05, 0.1) is 11.3 Å². The van der Waals surface area contributed by atoms with Gasteiger partial charge in [-0.2, -0.15) is 18.3 Å². The molecule has 1 N–H and O–H groups in total. The van der Waals surface area contributed by atoms with Gasteiger partial charge in [-0.1, -0.05) is 13.8 Å². The third-order valence-corrected chi connectivity index (χ3v) is 2.35. The fourth-order valence-electron chi connectivity index (χ4n) is 1.52. The standard InChI is InChI=1S/C11H18F3N3O/c1-7(2)15-5-9-8(3)16-17(4)10(9)18-6-11(12,13)14/h7,15H,5-6H2,1-4H3. The molecule has 0 saturated heterocycles. The maximum absolute atomic E-state index is 12.2. The van der Waals surface area contributed by atoms with Gasteiger partial charge in [-0.05, 0) is 6.92 Å². The van der Waals surface area contributed by atoms with Crippen molar-refractivity contribution in [1.82, 2.24) is 15.1 Å². The van der Waals surface area contributed by atoms with Crippen molar-refractivity contribution in [3.63, 3.8) is 0 Å². The minimum atomic E-state index is -4.35. The van der Waals surface area contributed by atoms with E-state index >= 15 is 0 Å². The van der Waals surface area contributed by atoms with E-state index in [1.54, 1.807) is 14.0 Å². The predicted molar refractivity (Wildman–Crippen MR) is 61.5 cm³/mol. The van der Waals surface area contributed by atoms with E-state index < -0.39 is 12.8 Å². The van der Waals surface area contributed by atoms with Gasteiger partial charge >= 0.3 is 6.18 Å². The molecule has 0 unspecified atom stereocenters. The molecule has 18 heavy (non-hydrogen) atoms. The first-order chi connectivity index (χ1) is 8.20. The summed E-state index contributed by atoms with van der Waals surface area (Å²) in [7, 11) is 1.57. The molecular weight excluding hydrogens is 247 g/mol. The van der Waals surface area contributed by atoms with Gasteiger partial charge < -0.3 is 10.1 Å². The van der Waals surface area contributed by atoms with Gasteiger partial charge in [0.25, 0.3) is 0 Å². The van der Waals surface area contributed by atoms with Crippen LogP contribution in [0.15, 0.2) is 0 Å². The number of hydrogen-bond acceptors (Lipinski definition) is 3. The average molecular weight is 265 g/mol. The van der Waals surface area contributed by atoms with Crippen molar-refractivity contribution in [2.75, 3.05) is 6.61 Å². The van der Waals surface area contributed by atoms with Gasteiger partial charge in [0, 0.05) is 19.6 Å². The fraction of sp³-hybridized carbons (Fsp3) is 0.727. The minimum Gasteiger partial charge on any atom is -0.468 e. The Kier molecular flexibility index (Phi) is 4.61. The van der Waals surface area contributed by atoms with Crippen LogP contribution in [0.1, 0.15) is 25.1 Å². The van der Waals surface area contributed by atoms with Crippen LogP contribution in [0.25, 0.3) is 0 Å². The van der Waals surface area contributed by atoms with Crippen molar-refractivity contribution in [2.45, 2.75) is 39.5 Å². The summed E-state index contributed by atoms with van der Waals surface area (Å²) >= 11 is 0. The van der Waals surface area contributed by atoms with Gasteiger partial charge in [0.15, 0.2) is 6.61 Å². The van der Waals surface area contributed by atoms with Crippen LogP contribution in [0.3, 0.4) is 0 Å². The molecule has 0 bridgehead atoms. The number of aromatic nitrogens is 2. The molecule has 0 amide bonds. The third-order valence-electron chi connectivity index (χ3n) is 2.35. The minimum absolute atomic E-state index is 0.165. The Bertz CT molecular complexity index is 399. The second-order valence-electron chi connectivity index (χ2n) is 4.43. The molecule has 0 spiro atoms. The van der Waals surface area contributed by atoms with Crippen LogP contribution in [0, 0.1) is 6.92 Å². The van der Waals surface area contributed by atoms with E-state index in [0.29, 0.717) is 17.8 Å². The van der Waals surface area contributed by atoms with Crippen molar-refractivity contribution < 1.29 is 17.9 Å². The summed E-state index contributed by atoms with van der Waals surface area (Å²) in [5.41, 5.74) is 1.33. The summed E-state index contributed by atoms with van der Waals surface area (Å²) in [6.07, 6.45) is -4.35. The first kappa shape index (κ1) is 14.8. The maximum atomic E-state index is 12.2. The molecule has 7 heteroatoms. The average Bonchev–Trinajstić information content (AvgIpc) is 2.46. The Labute approximate surface area is 104 Å². The number of ether oxygens (including phenoxy) is 1. The Morgan fingerprint density at radius 1 is 1.39 bits per heavy atom. The fourth-order valence-corrected chi connectivity index (χ4v) is 1.52. The molecule has 0 aromatic carbocycles. The third kappa shape index (κ3) is 4.21. The van der Waals surface area contributed by atoms with Gasteiger partial charge in [-0.3, -0.25) is 0 Å². The van der Waals surface area contributed by atoms with Crippen molar-refractivity contribution in [1.29, 1.82) is 0 Å². The van der Waals surface area contributed by atoms with E-state index in [0.717, 1.165) is 0 Å². The molecule has 4 nitrogen and oxygen atoms in total. The molecule has 0 saturated carbocycles. The summed E-state index contributed by atoms with van der Waals surface area (Å²) in [6.45, 7) is 4.80. The monoisotopic (exact) mass is 265 g/mol. The first-order valence-electron chi connectivity index (χ1n) is 5.66. The quantitative estimate of drug-likeness (QED) is 0.886. The number of alkyl halides is 3. The van der Waals surface area contributed by atoms with Crippen LogP contribution in [-0.4, -0.2) is 28.6 Å². The highest BCUT2D eigenvalue weighted by Crippen LogP contribution is 2.24. The second kappa shape index (κ2) is 5.60. The Balaban J connectivity index is 2.82. The van der Waals surface area contributed by atoms with Crippen molar-refractivity contribution in [3.05, 3.63) is 11.3 Å². The highest BCUT2D eigenvalue weighted by atomic mass is 19.4. The lowest BCUT2D eigenvalue weighted by Crippen LogP contribution is -2.24. The highest BCUT2D eigenvalue weighted by molar-refractivity contribution is 5.30. The second-order valence-corrected chi connectivity index (χ2v) is 4.43. The largest absolute Gasteiger partial charge is 0.468 e. The van der Waals surface area contributed by atoms with Gasteiger partial charge in [0.2, 0.25) is 5.88 Å². The maximum Gasteiger partial charge on any atom is 0.422 e. The SMILES string of the molecule is Cc1nn(C)c(OCC(F)(F)F)c1CNC(C)C. The van der Waals surface area contributed by atoms with Crippen LogP contribution < -0.4 is 10.1 Å². The summed E-state index contributed by atoms with van der Waals surface area (Å²) in [5.74, 6) is 0.165. The molecule has 104 valence electrons. The van der Waals surface area contributed by atoms with Crippen LogP contribution in [-0.2, 0) is 13.6 Å². The summed E-state index contributed by atoms with van der Waals surface area (Å²) in [4.78, 5) is 0. The van der Waals surface area contributed by atoms with Crippen LogP contribution >= 0.6 is 0 Å². The number of hydrogen-bond donors (Lipinski definition) is 1. The lowest BCUT2D eigenvalue weighted by Gasteiger charge is -2.12. The predicted octanol–water partition coefficient (Wildman–Crippen LogP) is 2.17. The Morgan fingerprint density at radius 2 is 2.00 bits per heavy atom. The molecule has 1 aromatic rings. The van der Waals surface area contributed by atoms with Crippen LogP contribution in [0.5, 0.6) is 5.88 Å². The van der Waals surface area contributed by atoms with Crippen LogP contribution in [0.2, 0.25) is 0 Å². The van der Waals surface area contributed by atoms with E-state index in [1.807, 2.05) is 13.8 Å². The molecule has 1 aromatic heterocycles. The molecule has 0 aliphatic carbocycles. The number of aryl methyl sites for hydroxylation is 2. The molecule has 0 aliphatic heterocycles. The molecule has 0 radical (unpaired) electrons. The van der Waals surface area contributed by atoms with E-state index in [4.69, 9.17) is 4.74 Å². The molecule has 1 rings (SSSR count). The Hall–Kier alpha value is -1.24. The number of halogens is 3. The highest BCUT2D eigenvalue weighted by Gasteiger charge is 2.30. The van der Waals surface area contributed by atoms with Gasteiger partial charge in [0.1, 0.15) is 0 Å². The summed E-state index contributed by atoms with van der Waals surface area (Å²) in [6, 6.07) is 0.236. The normalized spacial score (nSPS) is 12.2. The topological polar surface area (TPSA) is 39.1 Å². The van der Waals surface area contributed by atoms with E-state index in [9.17, 15) is 13.2 Å². The lowest BCUT2D eigenvalue weighted by molar-refractivity contribution is -0.154. The first-order valence-corrected chi connectivity index (χ1v) is 5.66. The molecule has 0 aliphatic rings. The number of nitrogens with zero attached hydrogens (tertiary/aromatic N) is 2. The zero-order valence-corrected chi connectivity index (χ0v) is 10.9. The molecule has 0 fully saturated rings.